The van der Waals surface area contributed by atoms with E-state index in [0.29, 0.717) is 18.8 Å². The summed E-state index contributed by atoms with van der Waals surface area (Å²) in [5.74, 6) is 2.55. The number of amides is 1. The van der Waals surface area contributed by atoms with Gasteiger partial charge in [-0.05, 0) is 44.0 Å². The third kappa shape index (κ3) is 3.94. The lowest BCUT2D eigenvalue weighted by Gasteiger charge is -2.37. The predicted octanol–water partition coefficient (Wildman–Crippen LogP) is 2.11. The molecule has 29 heavy (non-hydrogen) atoms. The molecule has 2 fully saturated rings. The summed E-state index contributed by atoms with van der Waals surface area (Å²) in [6.45, 7) is 5.73. The van der Waals surface area contributed by atoms with Crippen LogP contribution >= 0.6 is 0 Å². The Morgan fingerprint density at radius 2 is 1.97 bits per heavy atom. The molecule has 0 radical (unpaired) electrons. The maximum Gasteiger partial charge on any atom is 0.260 e. The lowest BCUT2D eigenvalue weighted by molar-refractivity contribution is -0.133. The van der Waals surface area contributed by atoms with Crippen LogP contribution in [0.4, 0.5) is 0 Å². The van der Waals surface area contributed by atoms with E-state index < -0.39 is 0 Å². The van der Waals surface area contributed by atoms with Crippen LogP contribution in [0.3, 0.4) is 0 Å². The topological polar surface area (TPSA) is 78.7 Å². The number of hydrogen-bond donors (Lipinski definition) is 0. The molecule has 8 heteroatoms. The molecule has 3 heterocycles. The monoisotopic (exact) mass is 400 g/mol. The summed E-state index contributed by atoms with van der Waals surface area (Å²) in [6.07, 6.45) is 3.63. The Morgan fingerprint density at radius 1 is 1.24 bits per heavy atom. The Morgan fingerprint density at radius 3 is 2.66 bits per heavy atom. The number of likely N-dealkylation sites (tertiary alicyclic amines) is 1. The molecule has 2 aliphatic rings. The van der Waals surface area contributed by atoms with Gasteiger partial charge >= 0.3 is 0 Å². The summed E-state index contributed by atoms with van der Waals surface area (Å²) in [4.78, 5) is 14.9. The normalized spacial score (nSPS) is 20.8. The molecule has 2 aromatic rings. The first-order valence-electron chi connectivity index (χ1n) is 10.2. The van der Waals surface area contributed by atoms with E-state index in [4.69, 9.17) is 14.2 Å². The molecule has 8 nitrogen and oxygen atoms in total. The van der Waals surface area contributed by atoms with E-state index in [1.807, 2.05) is 29.2 Å². The predicted molar refractivity (Wildman–Crippen MR) is 106 cm³/mol. The van der Waals surface area contributed by atoms with Crippen LogP contribution in [0.2, 0.25) is 0 Å². The molecule has 2 aliphatic heterocycles. The van der Waals surface area contributed by atoms with Gasteiger partial charge in [0.1, 0.15) is 23.7 Å². The fourth-order valence-electron chi connectivity index (χ4n) is 4.48. The van der Waals surface area contributed by atoms with Crippen LogP contribution in [0.1, 0.15) is 31.5 Å². The Bertz CT molecular complexity index is 829. The second-order valence-corrected chi connectivity index (χ2v) is 7.74. The number of carbonyl (C=O) groups is 1. The van der Waals surface area contributed by atoms with Gasteiger partial charge in [0.05, 0.1) is 7.11 Å². The minimum absolute atomic E-state index is 0.00301. The number of methoxy groups -OCH3 is 1. The van der Waals surface area contributed by atoms with E-state index in [-0.39, 0.29) is 23.8 Å². The second kappa shape index (κ2) is 8.41. The molecule has 156 valence electrons. The summed E-state index contributed by atoms with van der Waals surface area (Å²) in [7, 11) is 1.62. The Labute approximate surface area is 170 Å². The number of carbonyl (C=O) groups excluding carboxylic acids is 1. The van der Waals surface area contributed by atoms with Gasteiger partial charge in [0.2, 0.25) is 0 Å². The van der Waals surface area contributed by atoms with Crippen molar-refractivity contribution in [1.29, 1.82) is 0 Å². The van der Waals surface area contributed by atoms with Crippen LogP contribution in [0.25, 0.3) is 0 Å². The Kier molecular flexibility index (Phi) is 5.71. The smallest absolute Gasteiger partial charge is 0.260 e. The Balaban J connectivity index is 1.47. The highest BCUT2D eigenvalue weighted by Gasteiger charge is 2.50. The van der Waals surface area contributed by atoms with Gasteiger partial charge in [-0.1, -0.05) is 0 Å². The van der Waals surface area contributed by atoms with E-state index in [9.17, 15) is 4.79 Å². The first-order valence-corrected chi connectivity index (χ1v) is 10.2. The molecule has 0 N–H and O–H groups in total. The highest BCUT2D eigenvalue weighted by Crippen LogP contribution is 2.49. The SMILES string of the molecule is CCn1cnnc1C1CN(C(=O)COc2ccc(OC)cc2)CC12CCOCC2. The van der Waals surface area contributed by atoms with Crippen LogP contribution in [0.15, 0.2) is 30.6 Å². The van der Waals surface area contributed by atoms with E-state index >= 15 is 0 Å². The van der Waals surface area contributed by atoms with Crippen molar-refractivity contribution in [1.82, 2.24) is 19.7 Å². The standard InChI is InChI=1S/C21H28N4O4/c1-3-24-15-22-23-20(24)18-12-25(14-21(18)8-10-28-11-9-21)19(26)13-29-17-6-4-16(27-2)5-7-17/h4-7,15,18H,3,8-14H2,1-2H3. The van der Waals surface area contributed by atoms with Crippen molar-refractivity contribution < 1.29 is 19.0 Å². The van der Waals surface area contributed by atoms with Crippen molar-refractivity contribution in [2.75, 3.05) is 40.0 Å². The maximum absolute atomic E-state index is 12.9. The fraction of sp³-hybridized carbons (Fsp3) is 0.571. The summed E-state index contributed by atoms with van der Waals surface area (Å²) >= 11 is 0. The minimum atomic E-state index is -0.00598. The Hall–Kier alpha value is -2.61. The van der Waals surface area contributed by atoms with Crippen LogP contribution < -0.4 is 9.47 Å². The number of aryl methyl sites for hydroxylation is 1. The van der Waals surface area contributed by atoms with E-state index in [1.165, 1.54) is 0 Å². The molecule has 1 unspecified atom stereocenters. The summed E-state index contributed by atoms with van der Waals surface area (Å²) in [6, 6.07) is 7.26. The van der Waals surface area contributed by atoms with Gasteiger partial charge in [0.15, 0.2) is 6.61 Å². The summed E-state index contributed by atoms with van der Waals surface area (Å²) in [5, 5.41) is 8.53. The first kappa shape index (κ1) is 19.7. The number of nitrogens with zero attached hydrogens (tertiary/aromatic N) is 4. The zero-order valence-electron chi connectivity index (χ0n) is 17.0. The zero-order valence-corrected chi connectivity index (χ0v) is 17.0. The molecule has 2 saturated heterocycles. The lowest BCUT2D eigenvalue weighted by Crippen LogP contribution is -2.38. The van der Waals surface area contributed by atoms with Crippen molar-refractivity contribution in [3.63, 3.8) is 0 Å². The molecule has 0 aliphatic carbocycles. The van der Waals surface area contributed by atoms with Crippen molar-refractivity contribution >= 4 is 5.91 Å². The highest BCUT2D eigenvalue weighted by molar-refractivity contribution is 5.78. The van der Waals surface area contributed by atoms with Crippen molar-refractivity contribution in [3.05, 3.63) is 36.4 Å². The van der Waals surface area contributed by atoms with Crippen LogP contribution in [-0.2, 0) is 16.1 Å². The van der Waals surface area contributed by atoms with E-state index in [0.717, 1.165) is 44.2 Å². The molecule has 1 spiro atoms. The third-order valence-corrected chi connectivity index (χ3v) is 6.21. The molecule has 4 rings (SSSR count). The number of aromatic nitrogens is 3. The minimum Gasteiger partial charge on any atom is -0.497 e. The number of benzene rings is 1. The van der Waals surface area contributed by atoms with Gasteiger partial charge in [-0.2, -0.15) is 0 Å². The van der Waals surface area contributed by atoms with Crippen molar-refractivity contribution in [2.45, 2.75) is 32.2 Å². The molecule has 1 aromatic heterocycles. The van der Waals surface area contributed by atoms with Crippen LogP contribution in [0, 0.1) is 5.41 Å². The van der Waals surface area contributed by atoms with Crippen LogP contribution in [-0.4, -0.2) is 65.6 Å². The molecule has 1 amide bonds. The molecule has 1 atom stereocenters. The van der Waals surface area contributed by atoms with Gasteiger partial charge in [0.25, 0.3) is 5.91 Å². The van der Waals surface area contributed by atoms with Crippen molar-refractivity contribution in [3.8, 4) is 11.5 Å². The first-order chi connectivity index (χ1) is 14.1. The summed E-state index contributed by atoms with van der Waals surface area (Å²) in [5.41, 5.74) is -0.00598. The van der Waals surface area contributed by atoms with Gasteiger partial charge < -0.3 is 23.7 Å². The maximum atomic E-state index is 12.9. The van der Waals surface area contributed by atoms with E-state index in [1.54, 1.807) is 13.4 Å². The number of rotatable bonds is 6. The second-order valence-electron chi connectivity index (χ2n) is 7.74. The third-order valence-electron chi connectivity index (χ3n) is 6.21. The van der Waals surface area contributed by atoms with Gasteiger partial charge in [0, 0.05) is 44.2 Å². The summed E-state index contributed by atoms with van der Waals surface area (Å²) < 4.78 is 18.6. The molecular weight excluding hydrogens is 372 g/mol. The van der Waals surface area contributed by atoms with Gasteiger partial charge in [-0.3, -0.25) is 4.79 Å². The molecule has 1 aromatic carbocycles. The average molecular weight is 400 g/mol. The number of ether oxygens (including phenoxy) is 3. The zero-order chi connectivity index (χ0) is 20.3. The largest absolute Gasteiger partial charge is 0.497 e. The number of hydrogen-bond acceptors (Lipinski definition) is 6. The van der Waals surface area contributed by atoms with Gasteiger partial charge in [-0.25, -0.2) is 0 Å². The quantitative estimate of drug-likeness (QED) is 0.739. The van der Waals surface area contributed by atoms with E-state index in [2.05, 4.69) is 21.7 Å². The average Bonchev–Trinajstić information content (AvgIpc) is 3.37. The molecule has 0 saturated carbocycles. The van der Waals surface area contributed by atoms with Crippen LogP contribution in [0.5, 0.6) is 11.5 Å². The molecule has 0 bridgehead atoms. The molecular formula is C21H28N4O4. The van der Waals surface area contributed by atoms with Crippen molar-refractivity contribution in [2.24, 2.45) is 5.41 Å². The lowest BCUT2D eigenvalue weighted by atomic mass is 9.71. The van der Waals surface area contributed by atoms with Gasteiger partial charge in [-0.15, -0.1) is 10.2 Å². The fourth-order valence-corrected chi connectivity index (χ4v) is 4.48. The highest BCUT2D eigenvalue weighted by atomic mass is 16.5.